The Morgan fingerprint density at radius 1 is 0.373 bits per heavy atom. The van der Waals surface area contributed by atoms with Crippen LogP contribution in [0.5, 0.6) is 0 Å². The molecular weight excluding hydrogens is 991 g/mol. The first-order valence-electron chi connectivity index (χ1n) is 25.2. The van der Waals surface area contributed by atoms with E-state index in [0.717, 1.165) is 78.0 Å². The number of benzene rings is 7. The molecule has 3 aromatic heterocycles. The van der Waals surface area contributed by atoms with Crippen molar-refractivity contribution in [2.75, 3.05) is 0 Å². The molecule has 0 fully saturated rings. The van der Waals surface area contributed by atoms with Gasteiger partial charge in [0.1, 0.15) is 0 Å². The van der Waals surface area contributed by atoms with Crippen LogP contribution in [-0.2, 0) is 45.8 Å². The van der Waals surface area contributed by atoms with Crippen LogP contribution >= 0.6 is 0 Å². The van der Waals surface area contributed by atoms with Crippen molar-refractivity contribution in [2.45, 2.75) is 39.4 Å². The zero-order valence-corrected chi connectivity index (χ0v) is 39.0. The van der Waals surface area contributed by atoms with E-state index in [0.29, 0.717) is 48.2 Å². The van der Waals surface area contributed by atoms with Crippen molar-refractivity contribution < 1.29 is 28.3 Å². The molecule has 0 amide bonds. The predicted molar refractivity (Wildman–Crippen MR) is 272 cm³/mol. The van der Waals surface area contributed by atoms with E-state index in [1.54, 1.807) is 36.7 Å². The maximum absolute atomic E-state index is 8.53. The van der Waals surface area contributed by atoms with Gasteiger partial charge in [-0.25, -0.2) is 0 Å². The van der Waals surface area contributed by atoms with E-state index in [4.69, 9.17) is 23.2 Å². The molecule has 0 spiro atoms. The summed E-state index contributed by atoms with van der Waals surface area (Å²) in [5.74, 6) is 0. The molecule has 0 radical (unpaired) electrons. The van der Waals surface area contributed by atoms with Gasteiger partial charge >= 0.3 is 20.1 Å². The average molecular weight is 1050 g/mol. The average Bonchev–Trinajstić information content (AvgIpc) is 3.42. The number of hydrogen-bond acceptors (Lipinski definition) is 3. The monoisotopic (exact) mass is 1050 g/mol. The van der Waals surface area contributed by atoms with E-state index < -0.39 is 13.7 Å². The first-order chi connectivity index (χ1) is 34.9. The van der Waals surface area contributed by atoms with Crippen LogP contribution in [0.2, 0.25) is 0 Å². The minimum atomic E-state index is -2.36. The fourth-order valence-corrected chi connectivity index (χ4v) is 8.58. The molecule has 0 atom stereocenters. The molecule has 0 aliphatic rings. The molecule has 324 valence electrons. The standard InChI is InChI=1S/C63H48N3.Ir/c1-44-35-61(51-19-9-4-10-20-51)64-41-54(44)29-27-46-37-47(28-30-55-42-65-62(36-45(55)2)52-21-11-5-12-22-52)39-56(38-46)57-25-15-16-26-58(57)60-43-66-63(53-23-13-6-14-24-53)40-59(60)50-33-31-49(32-34-50)48-17-7-3-8-18-48;/h3-19,21,23,25-26,31-43H,27-30H2,1-2H3;/q-3;+3/i1D3,2D3;. The number of rotatable bonds is 13. The second kappa shape index (κ2) is 20.9. The molecule has 4 heteroatoms. The summed E-state index contributed by atoms with van der Waals surface area (Å²) in [6.45, 7) is -4.73. The SMILES string of the molecule is [2H]C([2H])([2H])c1cc(-c2[c-]cccc2)ncc1CCc1cc(CCc2cnc(-c3[c-]cccc3)cc2C([2H])([2H])[2H])cc(-c2ccccc2-c2cnc(-c3[c-]cccc3)cc2-c2ccc(-c3ccccc3)cc2)c1.[Ir+3]. The van der Waals surface area contributed by atoms with Crippen LogP contribution in [-0.4, -0.2) is 15.0 Å². The van der Waals surface area contributed by atoms with Gasteiger partial charge in [0.05, 0.1) is 0 Å². The maximum Gasteiger partial charge on any atom is 3.00 e. The van der Waals surface area contributed by atoms with Crippen LogP contribution in [0, 0.1) is 31.9 Å². The fourth-order valence-electron chi connectivity index (χ4n) is 8.58. The van der Waals surface area contributed by atoms with E-state index >= 15 is 0 Å². The van der Waals surface area contributed by atoms with Gasteiger partial charge in [-0.1, -0.05) is 126 Å². The normalized spacial score (nSPS) is 12.7. The van der Waals surface area contributed by atoms with Crippen LogP contribution in [0.1, 0.15) is 41.6 Å². The van der Waals surface area contributed by atoms with Crippen molar-refractivity contribution >= 4 is 0 Å². The molecule has 0 aliphatic carbocycles. The van der Waals surface area contributed by atoms with Gasteiger partial charge in [0, 0.05) is 32.4 Å². The fraction of sp³-hybridized carbons (Fsp3) is 0.0952. The van der Waals surface area contributed by atoms with Crippen molar-refractivity contribution in [1.82, 2.24) is 15.0 Å². The van der Waals surface area contributed by atoms with E-state index in [1.165, 1.54) is 0 Å². The Morgan fingerprint density at radius 2 is 0.836 bits per heavy atom. The molecule has 0 saturated heterocycles. The first kappa shape index (κ1) is 37.8. The summed E-state index contributed by atoms with van der Waals surface area (Å²) in [6.07, 6.45) is 7.25. The van der Waals surface area contributed by atoms with Gasteiger partial charge in [0.15, 0.2) is 0 Å². The van der Waals surface area contributed by atoms with Crippen molar-refractivity contribution in [3.63, 3.8) is 0 Å². The Kier molecular flexibility index (Phi) is 11.8. The zero-order chi connectivity index (χ0) is 49.7. The Morgan fingerprint density at radius 3 is 1.36 bits per heavy atom. The quantitative estimate of drug-likeness (QED) is 0.108. The molecular formula is C63H48IrN3. The van der Waals surface area contributed by atoms with Gasteiger partial charge in [-0.3, -0.25) is 0 Å². The van der Waals surface area contributed by atoms with Crippen LogP contribution in [0.25, 0.3) is 78.3 Å². The minimum absolute atomic E-state index is 0. The predicted octanol–water partition coefficient (Wildman–Crippen LogP) is 15.1. The summed E-state index contributed by atoms with van der Waals surface area (Å²) in [5, 5.41) is 0. The number of aryl methyl sites for hydroxylation is 6. The van der Waals surface area contributed by atoms with Crippen molar-refractivity contribution in [3.8, 4) is 78.3 Å². The number of aromatic nitrogens is 3. The molecule has 0 saturated carbocycles. The topological polar surface area (TPSA) is 38.7 Å². The summed E-state index contributed by atoms with van der Waals surface area (Å²) < 4.78 is 51.2. The van der Waals surface area contributed by atoms with Crippen LogP contribution < -0.4 is 0 Å². The third-order valence-corrected chi connectivity index (χ3v) is 12.1. The Labute approximate surface area is 417 Å². The van der Waals surface area contributed by atoms with Crippen molar-refractivity contribution in [3.05, 3.63) is 258 Å². The zero-order valence-electron chi connectivity index (χ0n) is 42.6. The Hall–Kier alpha value is -7.36. The van der Waals surface area contributed by atoms with Gasteiger partial charge in [0.25, 0.3) is 0 Å². The summed E-state index contributed by atoms with van der Waals surface area (Å²) >= 11 is 0. The van der Waals surface area contributed by atoms with Gasteiger partial charge in [-0.15, -0.1) is 108 Å². The molecule has 0 unspecified atom stereocenters. The molecule has 3 nitrogen and oxygen atoms in total. The van der Waals surface area contributed by atoms with Crippen molar-refractivity contribution in [1.29, 1.82) is 0 Å². The Balaban J connectivity index is 0.00000656. The Bertz CT molecular complexity index is 3350. The molecule has 3 heterocycles. The molecule has 7 aromatic carbocycles. The van der Waals surface area contributed by atoms with Gasteiger partial charge in [-0.2, -0.15) is 0 Å². The molecule has 0 N–H and O–H groups in total. The van der Waals surface area contributed by atoms with Gasteiger partial charge in [0.2, 0.25) is 0 Å². The molecule has 0 aliphatic heterocycles. The molecule has 67 heavy (non-hydrogen) atoms. The van der Waals surface area contributed by atoms with Crippen molar-refractivity contribution in [2.24, 2.45) is 0 Å². The third kappa shape index (κ3) is 10.4. The second-order valence-electron chi connectivity index (χ2n) is 16.4. The van der Waals surface area contributed by atoms with Crippen LogP contribution in [0.15, 0.2) is 207 Å². The number of nitrogens with zero attached hydrogens (tertiary/aromatic N) is 3. The van der Waals surface area contributed by atoms with E-state index in [1.807, 2.05) is 97.2 Å². The minimum Gasteiger partial charge on any atom is -0.304 e. The number of hydrogen-bond donors (Lipinski definition) is 0. The number of pyridine rings is 3. The second-order valence-corrected chi connectivity index (χ2v) is 16.4. The summed E-state index contributed by atoms with van der Waals surface area (Å²) in [7, 11) is 0. The molecule has 10 aromatic rings. The van der Waals surface area contributed by atoms with Crippen LogP contribution in [0.4, 0.5) is 0 Å². The molecule has 0 bridgehead atoms. The smallest absolute Gasteiger partial charge is 0.304 e. The van der Waals surface area contributed by atoms with Crippen LogP contribution in [0.3, 0.4) is 0 Å². The van der Waals surface area contributed by atoms with E-state index in [9.17, 15) is 0 Å². The largest absolute Gasteiger partial charge is 3.00 e. The summed E-state index contributed by atoms with van der Waals surface area (Å²) in [5.41, 5.74) is 16.3. The third-order valence-electron chi connectivity index (χ3n) is 12.1. The van der Waals surface area contributed by atoms with E-state index in [2.05, 4.69) is 91.0 Å². The summed E-state index contributed by atoms with van der Waals surface area (Å²) in [4.78, 5) is 14.5. The maximum atomic E-state index is 8.53. The summed E-state index contributed by atoms with van der Waals surface area (Å²) in [6, 6.07) is 71.8. The molecule has 10 rings (SSSR count). The first-order valence-corrected chi connectivity index (χ1v) is 22.2. The van der Waals surface area contributed by atoms with E-state index in [-0.39, 0.29) is 31.2 Å². The van der Waals surface area contributed by atoms with Gasteiger partial charge < -0.3 is 15.0 Å². The van der Waals surface area contributed by atoms with Gasteiger partial charge in [-0.05, 0) is 118 Å².